The van der Waals surface area contributed by atoms with Gasteiger partial charge in [-0.3, -0.25) is 9.59 Å². The quantitative estimate of drug-likeness (QED) is 0.779. The minimum absolute atomic E-state index is 0.164. The molecule has 1 aromatic heterocycles. The molecule has 0 aliphatic heterocycles. The zero-order valence-corrected chi connectivity index (χ0v) is 9.85. The first-order valence-electron chi connectivity index (χ1n) is 5.79. The molecule has 1 amide bonds. The summed E-state index contributed by atoms with van der Waals surface area (Å²) >= 11 is 0. The Morgan fingerprint density at radius 1 is 1.47 bits per heavy atom. The Labute approximate surface area is 100.0 Å². The number of amides is 1. The molecule has 0 saturated carbocycles. The number of hydrogen-bond acceptors (Lipinski definition) is 2. The van der Waals surface area contributed by atoms with Crippen LogP contribution in [0.1, 0.15) is 29.6 Å². The number of nitrogens with one attached hydrogen (secondary N) is 1. The van der Waals surface area contributed by atoms with Crippen LogP contribution in [0, 0.1) is 0 Å². The standard InChI is InChI=1S/C13H16N2O2/c1-15-8-7-10(9-12(15)16)13(17)14-11-5-3-2-4-6-11/h2-3,7-9,11H,4-6H2,1H3,(H,14,17). The summed E-state index contributed by atoms with van der Waals surface area (Å²) in [5.74, 6) is -0.164. The zero-order valence-electron chi connectivity index (χ0n) is 9.85. The van der Waals surface area contributed by atoms with Crippen LogP contribution in [0.25, 0.3) is 0 Å². The highest BCUT2D eigenvalue weighted by Crippen LogP contribution is 2.11. The van der Waals surface area contributed by atoms with Gasteiger partial charge in [-0.1, -0.05) is 12.2 Å². The number of aromatic nitrogens is 1. The maximum atomic E-state index is 11.9. The van der Waals surface area contributed by atoms with E-state index in [0.29, 0.717) is 5.56 Å². The number of nitrogens with zero attached hydrogens (tertiary/aromatic N) is 1. The fraction of sp³-hybridized carbons (Fsp3) is 0.385. The molecule has 1 aliphatic carbocycles. The molecule has 0 radical (unpaired) electrons. The minimum Gasteiger partial charge on any atom is -0.349 e. The Kier molecular flexibility index (Phi) is 3.42. The first-order valence-corrected chi connectivity index (χ1v) is 5.79. The van der Waals surface area contributed by atoms with Gasteiger partial charge in [-0.05, 0) is 25.3 Å². The van der Waals surface area contributed by atoms with Crippen molar-refractivity contribution in [1.29, 1.82) is 0 Å². The number of carbonyl (C=O) groups excluding carboxylic acids is 1. The lowest BCUT2D eigenvalue weighted by Crippen LogP contribution is -2.36. The van der Waals surface area contributed by atoms with Crippen molar-refractivity contribution in [3.63, 3.8) is 0 Å². The van der Waals surface area contributed by atoms with Crippen molar-refractivity contribution in [2.75, 3.05) is 0 Å². The van der Waals surface area contributed by atoms with Gasteiger partial charge >= 0.3 is 0 Å². The third-order valence-corrected chi connectivity index (χ3v) is 2.97. The predicted octanol–water partition coefficient (Wildman–Crippen LogP) is 1.22. The summed E-state index contributed by atoms with van der Waals surface area (Å²) in [4.78, 5) is 23.3. The van der Waals surface area contributed by atoms with E-state index >= 15 is 0 Å². The summed E-state index contributed by atoms with van der Waals surface area (Å²) in [6, 6.07) is 3.22. The van der Waals surface area contributed by atoms with Gasteiger partial charge in [0.25, 0.3) is 11.5 Å². The van der Waals surface area contributed by atoms with E-state index in [-0.39, 0.29) is 17.5 Å². The van der Waals surface area contributed by atoms with Gasteiger partial charge in [0.1, 0.15) is 0 Å². The largest absolute Gasteiger partial charge is 0.349 e. The first-order chi connectivity index (χ1) is 8.16. The van der Waals surface area contributed by atoms with Gasteiger partial charge in [-0.2, -0.15) is 0 Å². The molecule has 2 rings (SSSR count). The van der Waals surface area contributed by atoms with Crippen molar-refractivity contribution in [2.45, 2.75) is 25.3 Å². The van der Waals surface area contributed by atoms with E-state index in [1.165, 1.54) is 10.6 Å². The summed E-state index contributed by atoms with van der Waals surface area (Å²) in [5, 5.41) is 2.94. The fourth-order valence-electron chi connectivity index (χ4n) is 1.88. The van der Waals surface area contributed by atoms with Gasteiger partial charge in [-0.15, -0.1) is 0 Å². The molecule has 0 saturated heterocycles. The normalized spacial score (nSPS) is 19.0. The molecule has 1 aliphatic rings. The molecule has 4 nitrogen and oxygen atoms in total. The van der Waals surface area contributed by atoms with Crippen molar-refractivity contribution >= 4 is 5.91 Å². The van der Waals surface area contributed by atoms with Crippen molar-refractivity contribution in [3.05, 3.63) is 46.4 Å². The van der Waals surface area contributed by atoms with Gasteiger partial charge in [-0.25, -0.2) is 0 Å². The lowest BCUT2D eigenvalue weighted by atomic mass is 10.0. The molecule has 1 unspecified atom stereocenters. The van der Waals surface area contributed by atoms with E-state index in [1.807, 2.05) is 0 Å². The van der Waals surface area contributed by atoms with Crippen molar-refractivity contribution in [2.24, 2.45) is 7.05 Å². The molecule has 1 heterocycles. The van der Waals surface area contributed by atoms with E-state index in [1.54, 1.807) is 19.3 Å². The van der Waals surface area contributed by atoms with Gasteiger partial charge in [0.05, 0.1) is 0 Å². The second-order valence-electron chi connectivity index (χ2n) is 4.32. The number of carbonyl (C=O) groups is 1. The van der Waals surface area contributed by atoms with Crippen LogP contribution in [0.3, 0.4) is 0 Å². The van der Waals surface area contributed by atoms with E-state index in [0.717, 1.165) is 19.3 Å². The molecular weight excluding hydrogens is 216 g/mol. The third kappa shape index (κ3) is 2.84. The topological polar surface area (TPSA) is 51.1 Å². The maximum Gasteiger partial charge on any atom is 0.251 e. The molecule has 90 valence electrons. The Balaban J connectivity index is 2.06. The molecule has 1 aromatic rings. The summed E-state index contributed by atoms with van der Waals surface area (Å²) in [6.45, 7) is 0. The molecule has 4 heteroatoms. The highest BCUT2D eigenvalue weighted by Gasteiger charge is 2.14. The number of pyridine rings is 1. The summed E-state index contributed by atoms with van der Waals surface area (Å²) in [6.07, 6.45) is 8.66. The number of aryl methyl sites for hydroxylation is 1. The SMILES string of the molecule is Cn1ccc(C(=O)NC2CC=CCC2)cc1=O. The predicted molar refractivity (Wildman–Crippen MR) is 65.9 cm³/mol. The fourth-order valence-corrected chi connectivity index (χ4v) is 1.88. The highest BCUT2D eigenvalue weighted by molar-refractivity contribution is 5.94. The number of rotatable bonds is 2. The Bertz CT molecular complexity index is 502. The molecule has 17 heavy (non-hydrogen) atoms. The van der Waals surface area contributed by atoms with Crippen molar-refractivity contribution in [1.82, 2.24) is 9.88 Å². The van der Waals surface area contributed by atoms with Crippen LogP contribution in [-0.2, 0) is 7.05 Å². The van der Waals surface area contributed by atoms with Crippen LogP contribution in [0.15, 0.2) is 35.3 Å². The second kappa shape index (κ2) is 4.99. The van der Waals surface area contributed by atoms with Crippen LogP contribution >= 0.6 is 0 Å². The second-order valence-corrected chi connectivity index (χ2v) is 4.32. The maximum absolute atomic E-state index is 11.9. The molecular formula is C13H16N2O2. The molecule has 0 fully saturated rings. The van der Waals surface area contributed by atoms with Crippen molar-refractivity contribution < 1.29 is 4.79 Å². The van der Waals surface area contributed by atoms with Crippen molar-refractivity contribution in [3.8, 4) is 0 Å². The lowest BCUT2D eigenvalue weighted by Gasteiger charge is -2.19. The van der Waals surface area contributed by atoms with E-state index in [4.69, 9.17) is 0 Å². The Hall–Kier alpha value is -1.84. The van der Waals surface area contributed by atoms with E-state index in [2.05, 4.69) is 17.5 Å². The van der Waals surface area contributed by atoms with Crippen LogP contribution in [-0.4, -0.2) is 16.5 Å². The van der Waals surface area contributed by atoms with Gasteiger partial charge in [0.2, 0.25) is 0 Å². The number of hydrogen-bond donors (Lipinski definition) is 1. The minimum atomic E-state index is -0.166. The summed E-state index contributed by atoms with van der Waals surface area (Å²) in [5.41, 5.74) is 0.267. The average molecular weight is 232 g/mol. The molecule has 1 atom stereocenters. The Morgan fingerprint density at radius 2 is 2.29 bits per heavy atom. The van der Waals surface area contributed by atoms with Crippen LogP contribution in [0.5, 0.6) is 0 Å². The van der Waals surface area contributed by atoms with Gasteiger partial charge in [0, 0.05) is 30.9 Å². The molecule has 0 aromatic carbocycles. The molecule has 1 N–H and O–H groups in total. The summed E-state index contributed by atoms with van der Waals surface area (Å²) < 4.78 is 1.44. The first kappa shape index (κ1) is 11.6. The smallest absolute Gasteiger partial charge is 0.251 e. The number of allylic oxidation sites excluding steroid dienone is 1. The lowest BCUT2D eigenvalue weighted by molar-refractivity contribution is 0.0934. The van der Waals surface area contributed by atoms with Gasteiger partial charge in [0.15, 0.2) is 0 Å². The van der Waals surface area contributed by atoms with E-state index < -0.39 is 0 Å². The third-order valence-electron chi connectivity index (χ3n) is 2.97. The molecule has 0 bridgehead atoms. The monoisotopic (exact) mass is 232 g/mol. The van der Waals surface area contributed by atoms with Crippen LogP contribution < -0.4 is 10.9 Å². The Morgan fingerprint density at radius 3 is 2.94 bits per heavy atom. The molecule has 0 spiro atoms. The summed E-state index contributed by atoms with van der Waals surface area (Å²) in [7, 11) is 1.66. The highest BCUT2D eigenvalue weighted by atomic mass is 16.2. The van der Waals surface area contributed by atoms with Crippen LogP contribution in [0.4, 0.5) is 0 Å². The van der Waals surface area contributed by atoms with Crippen LogP contribution in [0.2, 0.25) is 0 Å². The average Bonchev–Trinajstić information content (AvgIpc) is 2.34. The van der Waals surface area contributed by atoms with Gasteiger partial charge < -0.3 is 9.88 Å². The van der Waals surface area contributed by atoms with E-state index in [9.17, 15) is 9.59 Å². The zero-order chi connectivity index (χ0) is 12.3.